The predicted molar refractivity (Wildman–Crippen MR) is 126 cm³/mol. The third-order valence-corrected chi connectivity index (χ3v) is 6.56. The summed E-state index contributed by atoms with van der Waals surface area (Å²) < 4.78 is 27.8. The maximum Gasteiger partial charge on any atom is 0.318 e. The highest BCUT2D eigenvalue weighted by molar-refractivity contribution is 6.02. The first-order chi connectivity index (χ1) is 16.2. The molecule has 168 valence electrons. The van der Waals surface area contributed by atoms with E-state index < -0.39 is 5.82 Å². The van der Waals surface area contributed by atoms with Gasteiger partial charge in [-0.05, 0) is 22.8 Å². The second-order valence-corrected chi connectivity index (χ2v) is 8.37. The zero-order valence-corrected chi connectivity index (χ0v) is 18.6. The molecule has 0 aliphatic carbocycles. The number of benzene rings is 2. The van der Waals surface area contributed by atoms with E-state index in [9.17, 15) is 0 Å². The number of anilines is 1. The summed E-state index contributed by atoms with van der Waals surface area (Å²) in [5, 5.41) is 5.93. The molecule has 8 heteroatoms. The van der Waals surface area contributed by atoms with Crippen LogP contribution in [0, 0.1) is 5.82 Å². The fourth-order valence-electron chi connectivity index (χ4n) is 4.96. The normalized spacial score (nSPS) is 17.5. The van der Waals surface area contributed by atoms with E-state index in [4.69, 9.17) is 14.5 Å². The van der Waals surface area contributed by atoms with E-state index in [1.807, 2.05) is 30.3 Å². The van der Waals surface area contributed by atoms with Gasteiger partial charge in [-0.1, -0.05) is 43.3 Å². The molecule has 1 fully saturated rings. The molecular weight excluding hydrogens is 421 g/mol. The molecule has 4 aromatic rings. The molecule has 0 unspecified atom stereocenters. The predicted octanol–water partition coefficient (Wildman–Crippen LogP) is 3.73. The molecule has 7 nitrogen and oxygen atoms in total. The van der Waals surface area contributed by atoms with Crippen LogP contribution in [0.4, 0.5) is 10.2 Å². The van der Waals surface area contributed by atoms with Gasteiger partial charge < -0.3 is 19.7 Å². The number of nitrogens with one attached hydrogen (secondary N) is 1. The van der Waals surface area contributed by atoms with Crippen molar-refractivity contribution in [3.8, 4) is 23.1 Å². The summed E-state index contributed by atoms with van der Waals surface area (Å²) >= 11 is 0. The lowest BCUT2D eigenvalue weighted by atomic mass is 9.95. The Hall–Kier alpha value is -3.52. The summed E-state index contributed by atoms with van der Waals surface area (Å²) in [5.74, 6) is 0.478. The highest BCUT2D eigenvalue weighted by Gasteiger charge is 2.33. The van der Waals surface area contributed by atoms with Crippen molar-refractivity contribution >= 4 is 27.5 Å². The molecule has 33 heavy (non-hydrogen) atoms. The van der Waals surface area contributed by atoms with Crippen LogP contribution in [-0.2, 0) is 6.42 Å². The summed E-state index contributed by atoms with van der Waals surface area (Å²) in [6.45, 7) is 4.81. The summed E-state index contributed by atoms with van der Waals surface area (Å²) in [4.78, 5) is 15.9. The van der Waals surface area contributed by atoms with Gasteiger partial charge in [-0.3, -0.25) is 0 Å². The van der Waals surface area contributed by atoms with Gasteiger partial charge in [-0.2, -0.15) is 9.97 Å². The first kappa shape index (κ1) is 20.1. The number of methoxy groups -OCH3 is 1. The maximum atomic E-state index is 16.2. The lowest BCUT2D eigenvalue weighted by molar-refractivity contribution is 0.266. The van der Waals surface area contributed by atoms with E-state index in [1.54, 1.807) is 0 Å². The van der Waals surface area contributed by atoms with Crippen molar-refractivity contribution in [2.75, 3.05) is 38.3 Å². The molecule has 0 saturated carbocycles. The Balaban J connectivity index is 1.68. The summed E-state index contributed by atoms with van der Waals surface area (Å²) in [5.41, 5.74) is 2.27. The van der Waals surface area contributed by atoms with E-state index >= 15 is 4.39 Å². The van der Waals surface area contributed by atoms with Crippen LogP contribution in [0.2, 0.25) is 0 Å². The number of aryl methyl sites for hydroxylation is 1. The number of nitrogens with zero attached hydrogens (tertiary/aromatic N) is 4. The van der Waals surface area contributed by atoms with Crippen molar-refractivity contribution in [1.29, 1.82) is 0 Å². The van der Waals surface area contributed by atoms with Crippen LogP contribution < -0.4 is 19.7 Å². The van der Waals surface area contributed by atoms with E-state index in [0.717, 1.165) is 48.0 Å². The van der Waals surface area contributed by atoms with Gasteiger partial charge in [0.15, 0.2) is 5.82 Å². The van der Waals surface area contributed by atoms with Crippen molar-refractivity contribution in [1.82, 2.24) is 20.3 Å². The minimum absolute atomic E-state index is 0.0616. The van der Waals surface area contributed by atoms with Gasteiger partial charge >= 0.3 is 6.01 Å². The Kier molecular flexibility index (Phi) is 4.76. The van der Waals surface area contributed by atoms with Crippen LogP contribution in [0.25, 0.3) is 32.9 Å². The first-order valence-corrected chi connectivity index (χ1v) is 11.3. The van der Waals surface area contributed by atoms with Crippen molar-refractivity contribution in [3.63, 3.8) is 0 Å². The molecule has 0 radical (unpaired) electrons. The quantitative estimate of drug-likeness (QED) is 0.515. The van der Waals surface area contributed by atoms with E-state index in [1.165, 1.54) is 7.11 Å². The summed E-state index contributed by atoms with van der Waals surface area (Å²) in [7, 11) is 1.50. The van der Waals surface area contributed by atoms with E-state index in [2.05, 4.69) is 33.2 Å². The van der Waals surface area contributed by atoms with Gasteiger partial charge in [0.1, 0.15) is 29.0 Å². The minimum atomic E-state index is -0.494. The Morgan fingerprint density at radius 2 is 2.00 bits per heavy atom. The smallest absolute Gasteiger partial charge is 0.318 e. The molecule has 0 bridgehead atoms. The zero-order chi connectivity index (χ0) is 22.5. The number of aromatic nitrogens is 3. The zero-order valence-electron chi connectivity index (χ0n) is 18.6. The number of hydrogen-bond acceptors (Lipinski definition) is 7. The molecule has 6 rings (SSSR count). The molecule has 1 atom stereocenters. The van der Waals surface area contributed by atoms with Gasteiger partial charge in [0.05, 0.1) is 13.2 Å². The van der Waals surface area contributed by atoms with Gasteiger partial charge in [-0.15, -0.1) is 0 Å². The number of piperazine rings is 1. The lowest BCUT2D eigenvalue weighted by Crippen LogP contribution is -2.53. The molecular formula is C25H24FN5O2. The highest BCUT2D eigenvalue weighted by Crippen LogP contribution is 2.42. The van der Waals surface area contributed by atoms with Gasteiger partial charge in [-0.25, -0.2) is 9.37 Å². The third kappa shape index (κ3) is 3.08. The maximum absolute atomic E-state index is 16.2. The second-order valence-electron chi connectivity index (χ2n) is 8.37. The van der Waals surface area contributed by atoms with Crippen molar-refractivity contribution in [2.45, 2.75) is 19.4 Å². The number of hydrogen-bond donors (Lipinski definition) is 1. The van der Waals surface area contributed by atoms with Gasteiger partial charge in [0, 0.05) is 25.2 Å². The number of ether oxygens (including phenoxy) is 2. The molecule has 0 spiro atoms. The van der Waals surface area contributed by atoms with Crippen LogP contribution in [0.3, 0.4) is 0 Å². The standard InChI is InChI=1S/C25H24FN5O2/c1-3-14-6-4-7-15-8-5-9-17(18(14)15)21-20(26)22-19-23(30-25(29-22)32-2)31-11-10-27-12-16(31)13-33-24(19)28-21/h4-9,16,27H,3,10-13H2,1-2H3/t16-/m0/s1. The molecule has 0 amide bonds. The van der Waals surface area contributed by atoms with Crippen LogP contribution in [0.1, 0.15) is 12.5 Å². The van der Waals surface area contributed by atoms with Gasteiger partial charge in [0.2, 0.25) is 5.88 Å². The Labute approximate surface area is 190 Å². The van der Waals surface area contributed by atoms with Crippen molar-refractivity contribution in [3.05, 3.63) is 47.8 Å². The van der Waals surface area contributed by atoms with Crippen LogP contribution >= 0.6 is 0 Å². The molecule has 2 aliphatic rings. The van der Waals surface area contributed by atoms with Crippen LogP contribution in [-0.4, -0.2) is 54.3 Å². The molecule has 1 N–H and O–H groups in total. The van der Waals surface area contributed by atoms with Crippen LogP contribution in [0.15, 0.2) is 36.4 Å². The number of fused-ring (bicyclic) bond motifs is 3. The topological polar surface area (TPSA) is 72.4 Å². The molecule has 1 saturated heterocycles. The van der Waals surface area contributed by atoms with Crippen LogP contribution in [0.5, 0.6) is 11.9 Å². The largest absolute Gasteiger partial charge is 0.475 e. The lowest BCUT2D eigenvalue weighted by Gasteiger charge is -2.35. The number of rotatable bonds is 3. The van der Waals surface area contributed by atoms with Crippen molar-refractivity contribution in [2.24, 2.45) is 0 Å². The molecule has 2 aromatic heterocycles. The first-order valence-electron chi connectivity index (χ1n) is 11.3. The average molecular weight is 445 g/mol. The van der Waals surface area contributed by atoms with Gasteiger partial charge in [0.25, 0.3) is 0 Å². The highest BCUT2D eigenvalue weighted by atomic mass is 19.1. The molecule has 2 aliphatic heterocycles. The second kappa shape index (κ2) is 7.81. The number of halogens is 1. The van der Waals surface area contributed by atoms with E-state index in [0.29, 0.717) is 23.7 Å². The third-order valence-electron chi connectivity index (χ3n) is 6.56. The summed E-state index contributed by atoms with van der Waals surface area (Å²) in [6, 6.07) is 12.2. The fourth-order valence-corrected chi connectivity index (χ4v) is 4.96. The Morgan fingerprint density at radius 3 is 2.82 bits per heavy atom. The molecule has 4 heterocycles. The monoisotopic (exact) mass is 445 g/mol. The summed E-state index contributed by atoms with van der Waals surface area (Å²) in [6.07, 6.45) is 0.830. The molecule has 2 aromatic carbocycles. The minimum Gasteiger partial charge on any atom is -0.475 e. The fraction of sp³-hybridized carbons (Fsp3) is 0.320. The van der Waals surface area contributed by atoms with Crippen molar-refractivity contribution < 1.29 is 13.9 Å². The van der Waals surface area contributed by atoms with E-state index in [-0.39, 0.29) is 23.3 Å². The number of pyridine rings is 1. The Morgan fingerprint density at radius 1 is 1.15 bits per heavy atom. The SMILES string of the molecule is CCc1cccc2cccc(-c3nc4c5c(nc(OC)nc5c3F)N3CCNC[C@H]3CO4)c12. The Bertz CT molecular complexity index is 1390. The average Bonchev–Trinajstić information content (AvgIpc) is 3.02.